The van der Waals surface area contributed by atoms with Crippen molar-refractivity contribution in [1.82, 2.24) is 4.98 Å². The van der Waals surface area contributed by atoms with Crippen LogP contribution < -0.4 is 4.90 Å². The lowest BCUT2D eigenvalue weighted by molar-refractivity contribution is 1.00. The van der Waals surface area contributed by atoms with Crippen LogP contribution in [0.25, 0.3) is 0 Å². The van der Waals surface area contributed by atoms with Crippen LogP contribution in [0.3, 0.4) is 0 Å². The first-order chi connectivity index (χ1) is 6.29. The van der Waals surface area contributed by atoms with E-state index >= 15 is 0 Å². The number of pyridine rings is 1. The van der Waals surface area contributed by atoms with Crippen molar-refractivity contribution in [3.05, 3.63) is 23.9 Å². The van der Waals surface area contributed by atoms with Crippen LogP contribution in [-0.4, -0.2) is 18.6 Å². The fraction of sp³-hybridized carbons (Fsp3) is 0.200. The van der Waals surface area contributed by atoms with Crippen molar-refractivity contribution < 1.29 is 0 Å². The van der Waals surface area contributed by atoms with Crippen LogP contribution in [0.1, 0.15) is 5.56 Å². The van der Waals surface area contributed by atoms with Crippen molar-refractivity contribution in [3.63, 3.8) is 0 Å². The summed E-state index contributed by atoms with van der Waals surface area (Å²) in [6.07, 6.45) is 6.80. The molecule has 0 atom stereocenters. The van der Waals surface area contributed by atoms with Gasteiger partial charge in [0.1, 0.15) is 11.9 Å². The zero-order valence-corrected chi connectivity index (χ0v) is 7.36. The molecule has 1 rings (SSSR count). The number of nitriles is 1. The molecule has 3 heteroatoms. The Balaban J connectivity index is 3.02. The highest BCUT2D eigenvalue weighted by atomic mass is 15.2. The largest absolute Gasteiger partial charge is 0.347 e. The molecule has 13 heavy (non-hydrogen) atoms. The van der Waals surface area contributed by atoms with E-state index in [2.05, 4.69) is 17.0 Å². The molecule has 0 fully saturated rings. The lowest BCUT2D eigenvalue weighted by atomic mass is 10.2. The van der Waals surface area contributed by atoms with E-state index in [0.717, 1.165) is 0 Å². The highest BCUT2D eigenvalue weighted by molar-refractivity contribution is 5.53. The summed E-state index contributed by atoms with van der Waals surface area (Å²) in [5.41, 5.74) is 0.542. The summed E-state index contributed by atoms with van der Waals surface area (Å²) in [4.78, 5) is 5.84. The average Bonchev–Trinajstić information content (AvgIpc) is 2.18. The third-order valence-electron chi connectivity index (χ3n) is 1.60. The summed E-state index contributed by atoms with van der Waals surface area (Å²) in [7, 11) is 1.81. The minimum Gasteiger partial charge on any atom is -0.347 e. The van der Waals surface area contributed by atoms with Crippen molar-refractivity contribution in [2.75, 3.05) is 18.5 Å². The topological polar surface area (TPSA) is 39.9 Å². The maximum absolute atomic E-state index is 8.77. The Labute approximate surface area is 77.6 Å². The van der Waals surface area contributed by atoms with Gasteiger partial charge in [0.25, 0.3) is 0 Å². The molecule has 0 saturated carbocycles. The molecule has 1 heterocycles. The second-order valence-corrected chi connectivity index (χ2v) is 2.55. The van der Waals surface area contributed by atoms with Gasteiger partial charge in [0.05, 0.1) is 12.1 Å². The van der Waals surface area contributed by atoms with Gasteiger partial charge < -0.3 is 4.90 Å². The average molecular weight is 171 g/mol. The van der Waals surface area contributed by atoms with Gasteiger partial charge in [0.2, 0.25) is 0 Å². The third kappa shape index (κ3) is 1.98. The smallest absolute Gasteiger partial charge is 0.147 e. The van der Waals surface area contributed by atoms with E-state index in [0.29, 0.717) is 17.9 Å². The van der Waals surface area contributed by atoms with Crippen LogP contribution in [0, 0.1) is 23.7 Å². The monoisotopic (exact) mass is 171 g/mol. The van der Waals surface area contributed by atoms with Crippen molar-refractivity contribution in [2.45, 2.75) is 0 Å². The molecule has 1 aromatic rings. The molecule has 0 unspecified atom stereocenters. The van der Waals surface area contributed by atoms with Gasteiger partial charge in [-0.05, 0) is 12.1 Å². The predicted molar refractivity (Wildman–Crippen MR) is 51.1 cm³/mol. The van der Waals surface area contributed by atoms with Crippen molar-refractivity contribution in [1.29, 1.82) is 5.26 Å². The van der Waals surface area contributed by atoms with E-state index in [4.69, 9.17) is 11.7 Å². The minimum atomic E-state index is 0.450. The first kappa shape index (κ1) is 9.09. The molecule has 0 aliphatic heterocycles. The van der Waals surface area contributed by atoms with Crippen molar-refractivity contribution in [2.24, 2.45) is 0 Å². The van der Waals surface area contributed by atoms with Crippen LogP contribution in [0.15, 0.2) is 18.3 Å². The number of nitrogens with zero attached hydrogens (tertiary/aromatic N) is 3. The maximum atomic E-state index is 8.77. The van der Waals surface area contributed by atoms with E-state index in [1.54, 1.807) is 23.2 Å². The molecule has 64 valence electrons. The maximum Gasteiger partial charge on any atom is 0.147 e. The predicted octanol–water partition coefficient (Wildman–Crippen LogP) is 1.02. The summed E-state index contributed by atoms with van der Waals surface area (Å²) < 4.78 is 0. The highest BCUT2D eigenvalue weighted by Gasteiger charge is 2.05. The van der Waals surface area contributed by atoms with Gasteiger partial charge in [-0.25, -0.2) is 4.98 Å². The molecule has 3 nitrogen and oxygen atoms in total. The second kappa shape index (κ2) is 4.13. The number of anilines is 1. The van der Waals surface area contributed by atoms with E-state index in [9.17, 15) is 0 Å². The van der Waals surface area contributed by atoms with Gasteiger partial charge in [-0.1, -0.05) is 5.92 Å². The minimum absolute atomic E-state index is 0.450. The first-order valence-electron chi connectivity index (χ1n) is 3.79. The molecular weight excluding hydrogens is 162 g/mol. The number of aromatic nitrogens is 1. The summed E-state index contributed by atoms with van der Waals surface area (Å²) >= 11 is 0. The second-order valence-electron chi connectivity index (χ2n) is 2.55. The van der Waals surface area contributed by atoms with Crippen LogP contribution in [0.5, 0.6) is 0 Å². The fourth-order valence-corrected chi connectivity index (χ4v) is 1.00. The lowest BCUT2D eigenvalue weighted by Crippen LogP contribution is -2.19. The fourth-order valence-electron chi connectivity index (χ4n) is 1.00. The van der Waals surface area contributed by atoms with Gasteiger partial charge in [-0.2, -0.15) is 5.26 Å². The highest BCUT2D eigenvalue weighted by Crippen LogP contribution is 2.13. The summed E-state index contributed by atoms with van der Waals surface area (Å²) in [5, 5.41) is 8.77. The van der Waals surface area contributed by atoms with Crippen LogP contribution in [-0.2, 0) is 0 Å². The number of rotatable bonds is 2. The van der Waals surface area contributed by atoms with Gasteiger partial charge in [-0.15, -0.1) is 6.42 Å². The Morgan fingerprint density at radius 2 is 2.46 bits per heavy atom. The summed E-state index contributed by atoms with van der Waals surface area (Å²) in [6.45, 7) is 0.450. The van der Waals surface area contributed by atoms with Gasteiger partial charge in [0.15, 0.2) is 0 Å². The van der Waals surface area contributed by atoms with Gasteiger partial charge in [0, 0.05) is 13.2 Å². The summed E-state index contributed by atoms with van der Waals surface area (Å²) in [5.74, 6) is 3.12. The van der Waals surface area contributed by atoms with E-state index in [1.807, 2.05) is 7.05 Å². The molecule has 0 aliphatic carbocycles. The quantitative estimate of drug-likeness (QED) is 0.624. The molecule has 0 spiro atoms. The Kier molecular flexibility index (Phi) is 2.89. The molecule has 0 saturated heterocycles. The van der Waals surface area contributed by atoms with E-state index in [-0.39, 0.29) is 0 Å². The Hall–Kier alpha value is -2.00. The zero-order valence-electron chi connectivity index (χ0n) is 7.36. The molecule has 0 aromatic carbocycles. The van der Waals surface area contributed by atoms with Gasteiger partial charge in [-0.3, -0.25) is 0 Å². The Bertz CT molecular complexity index is 370. The molecule has 0 amide bonds. The third-order valence-corrected chi connectivity index (χ3v) is 1.60. The van der Waals surface area contributed by atoms with Crippen molar-refractivity contribution in [3.8, 4) is 18.4 Å². The molecule has 0 N–H and O–H groups in total. The Morgan fingerprint density at radius 1 is 1.69 bits per heavy atom. The number of hydrogen-bond donors (Lipinski definition) is 0. The zero-order chi connectivity index (χ0) is 9.68. The van der Waals surface area contributed by atoms with Crippen LogP contribution >= 0.6 is 0 Å². The molecule has 0 bridgehead atoms. The Morgan fingerprint density at radius 3 is 3.08 bits per heavy atom. The molecule has 0 radical (unpaired) electrons. The SMILES string of the molecule is C#CCN(C)c1ncccc1C#N. The molecular formula is C10H9N3. The van der Waals surface area contributed by atoms with E-state index in [1.165, 1.54) is 0 Å². The summed E-state index contributed by atoms with van der Waals surface area (Å²) in [6, 6.07) is 5.51. The molecule has 1 aromatic heterocycles. The number of terminal acetylenes is 1. The number of hydrogen-bond acceptors (Lipinski definition) is 3. The van der Waals surface area contributed by atoms with Gasteiger partial charge >= 0.3 is 0 Å². The van der Waals surface area contributed by atoms with Crippen LogP contribution in [0.2, 0.25) is 0 Å². The standard InChI is InChI=1S/C10H9N3/c1-3-7-13(2)10-9(8-11)5-4-6-12-10/h1,4-6H,7H2,2H3. The van der Waals surface area contributed by atoms with E-state index < -0.39 is 0 Å². The van der Waals surface area contributed by atoms with Crippen molar-refractivity contribution >= 4 is 5.82 Å². The first-order valence-corrected chi connectivity index (χ1v) is 3.79. The normalized spacial score (nSPS) is 8.54. The lowest BCUT2D eigenvalue weighted by Gasteiger charge is -2.15. The van der Waals surface area contributed by atoms with Crippen LogP contribution in [0.4, 0.5) is 5.82 Å². The molecule has 0 aliphatic rings.